The summed E-state index contributed by atoms with van der Waals surface area (Å²) in [4.78, 5) is 15.8. The van der Waals surface area contributed by atoms with Crippen molar-refractivity contribution in [1.82, 2.24) is 15.5 Å². The van der Waals surface area contributed by atoms with Gasteiger partial charge in [-0.1, -0.05) is 30.3 Å². The average Bonchev–Trinajstić information content (AvgIpc) is 2.79. The maximum Gasteiger partial charge on any atom is 0.227 e. The number of hydrogen-bond donors (Lipinski definition) is 2. The Morgan fingerprint density at radius 3 is 2.90 bits per heavy atom. The minimum absolute atomic E-state index is 0.221. The molecule has 0 bridgehead atoms. The van der Waals surface area contributed by atoms with Gasteiger partial charge in [0.2, 0.25) is 5.91 Å². The molecule has 2 aliphatic heterocycles. The number of carbonyl (C=O) groups is 1. The monoisotopic (exact) mass is 401 g/mol. The van der Waals surface area contributed by atoms with E-state index in [2.05, 4.69) is 27.7 Å². The van der Waals surface area contributed by atoms with E-state index in [4.69, 9.17) is 9.47 Å². The van der Waals surface area contributed by atoms with E-state index >= 15 is 0 Å². The summed E-state index contributed by atoms with van der Waals surface area (Å²) in [7, 11) is 0. The number of nitrogens with zero attached hydrogens (tertiary/aromatic N) is 1. The Labute approximate surface area is 174 Å². The van der Waals surface area contributed by atoms with E-state index in [1.807, 2.05) is 18.2 Å². The maximum atomic E-state index is 13.2. The molecule has 29 heavy (non-hydrogen) atoms. The highest BCUT2D eigenvalue weighted by Crippen LogP contribution is 2.46. The Morgan fingerprint density at radius 1 is 1.24 bits per heavy atom. The quantitative estimate of drug-likeness (QED) is 0.682. The summed E-state index contributed by atoms with van der Waals surface area (Å²) in [6.45, 7) is 7.31. The second kappa shape index (κ2) is 10.0. The van der Waals surface area contributed by atoms with Crippen LogP contribution in [0.1, 0.15) is 31.2 Å². The molecule has 0 spiro atoms. The molecule has 3 atom stereocenters. The van der Waals surface area contributed by atoms with Crippen LogP contribution < -0.4 is 10.6 Å². The third-order valence-corrected chi connectivity index (χ3v) is 7.03. The molecule has 1 aromatic rings. The van der Waals surface area contributed by atoms with Gasteiger partial charge in [0.05, 0.1) is 31.8 Å². The van der Waals surface area contributed by atoms with Gasteiger partial charge in [-0.05, 0) is 43.7 Å². The zero-order chi connectivity index (χ0) is 19.9. The molecule has 1 aromatic carbocycles. The van der Waals surface area contributed by atoms with Gasteiger partial charge in [-0.25, -0.2) is 0 Å². The van der Waals surface area contributed by atoms with E-state index in [1.54, 1.807) is 0 Å². The first-order chi connectivity index (χ1) is 14.3. The summed E-state index contributed by atoms with van der Waals surface area (Å²) in [5, 5.41) is 6.68. The first-order valence-electron chi connectivity index (χ1n) is 11.2. The van der Waals surface area contributed by atoms with Crippen molar-refractivity contribution in [3.05, 3.63) is 35.9 Å². The highest BCUT2D eigenvalue weighted by molar-refractivity contribution is 5.83. The van der Waals surface area contributed by atoms with Crippen molar-refractivity contribution in [3.63, 3.8) is 0 Å². The van der Waals surface area contributed by atoms with Gasteiger partial charge in [0.25, 0.3) is 0 Å². The smallest absolute Gasteiger partial charge is 0.227 e. The van der Waals surface area contributed by atoms with Crippen LogP contribution in [-0.4, -0.2) is 69.4 Å². The molecule has 160 valence electrons. The second-order valence-corrected chi connectivity index (χ2v) is 8.69. The molecule has 0 aromatic heterocycles. The molecule has 3 aliphatic rings. The number of morpholine rings is 1. The number of ether oxygens (including phenoxy) is 2. The highest BCUT2D eigenvalue weighted by Gasteiger charge is 2.50. The Morgan fingerprint density at radius 2 is 2.07 bits per heavy atom. The van der Waals surface area contributed by atoms with E-state index < -0.39 is 0 Å². The van der Waals surface area contributed by atoms with Crippen LogP contribution in [0.5, 0.6) is 0 Å². The van der Waals surface area contributed by atoms with Crippen molar-refractivity contribution >= 4 is 5.91 Å². The number of hydrogen-bond acceptors (Lipinski definition) is 5. The van der Waals surface area contributed by atoms with Gasteiger partial charge >= 0.3 is 0 Å². The number of benzene rings is 1. The van der Waals surface area contributed by atoms with Crippen molar-refractivity contribution in [2.45, 2.75) is 38.3 Å². The number of carbonyl (C=O) groups excluding carboxylic acids is 1. The van der Waals surface area contributed by atoms with Crippen LogP contribution in [0.15, 0.2) is 30.3 Å². The molecule has 1 amide bonds. The number of fused-ring (bicyclic) bond motifs is 1. The minimum atomic E-state index is -0.250. The zero-order valence-electron chi connectivity index (χ0n) is 17.4. The lowest BCUT2D eigenvalue weighted by atomic mass is 9.61. The molecule has 2 heterocycles. The van der Waals surface area contributed by atoms with Crippen LogP contribution in [-0.2, 0) is 20.9 Å². The summed E-state index contributed by atoms with van der Waals surface area (Å²) < 4.78 is 11.3. The fourth-order valence-electron chi connectivity index (χ4n) is 5.35. The zero-order valence-corrected chi connectivity index (χ0v) is 17.4. The Balaban J connectivity index is 1.27. The van der Waals surface area contributed by atoms with Crippen molar-refractivity contribution in [3.8, 4) is 0 Å². The van der Waals surface area contributed by atoms with Crippen LogP contribution in [0, 0.1) is 11.3 Å². The minimum Gasteiger partial charge on any atom is -0.379 e. The molecule has 4 rings (SSSR count). The third-order valence-electron chi connectivity index (χ3n) is 7.03. The third kappa shape index (κ3) is 5.00. The number of nitrogens with one attached hydrogen (secondary N) is 2. The number of piperidine rings is 1. The van der Waals surface area contributed by atoms with Crippen LogP contribution >= 0.6 is 0 Å². The predicted molar refractivity (Wildman–Crippen MR) is 113 cm³/mol. The van der Waals surface area contributed by atoms with Crippen molar-refractivity contribution in [1.29, 1.82) is 0 Å². The molecular formula is C23H35N3O3. The Bertz CT molecular complexity index is 650. The summed E-state index contributed by atoms with van der Waals surface area (Å²) in [6, 6.07) is 10.8. The van der Waals surface area contributed by atoms with Crippen LogP contribution in [0.25, 0.3) is 0 Å². The SMILES string of the molecule is O=C(NCCOCc1ccccc1)[C@@]12CC[C@@H](N3CCOCC3)C[C@H]1CCNC2. The average molecular weight is 402 g/mol. The Hall–Kier alpha value is -1.47. The normalized spacial score (nSPS) is 30.5. The highest BCUT2D eigenvalue weighted by atomic mass is 16.5. The molecule has 2 saturated heterocycles. The van der Waals surface area contributed by atoms with Gasteiger partial charge < -0.3 is 20.1 Å². The molecule has 6 heteroatoms. The summed E-state index contributed by atoms with van der Waals surface area (Å²) >= 11 is 0. The van der Waals surface area contributed by atoms with E-state index in [9.17, 15) is 4.79 Å². The molecule has 2 N–H and O–H groups in total. The fraction of sp³-hybridized carbons (Fsp3) is 0.696. The largest absolute Gasteiger partial charge is 0.379 e. The molecule has 1 saturated carbocycles. The van der Waals surface area contributed by atoms with Gasteiger partial charge in [-0.15, -0.1) is 0 Å². The Kier molecular flexibility index (Phi) is 7.19. The lowest BCUT2D eigenvalue weighted by molar-refractivity contribution is -0.140. The summed E-state index contributed by atoms with van der Waals surface area (Å²) in [6.07, 6.45) is 4.32. The van der Waals surface area contributed by atoms with Crippen molar-refractivity contribution in [2.75, 3.05) is 52.5 Å². The molecule has 0 radical (unpaired) electrons. The first kappa shape index (κ1) is 20.8. The molecule has 0 unspecified atom stereocenters. The molecule has 3 fully saturated rings. The van der Waals surface area contributed by atoms with Gasteiger partial charge in [-0.2, -0.15) is 0 Å². The van der Waals surface area contributed by atoms with Crippen LogP contribution in [0.4, 0.5) is 0 Å². The van der Waals surface area contributed by atoms with E-state index in [-0.39, 0.29) is 11.3 Å². The van der Waals surface area contributed by atoms with Crippen molar-refractivity contribution < 1.29 is 14.3 Å². The number of rotatable bonds is 7. The van der Waals surface area contributed by atoms with Crippen LogP contribution in [0.3, 0.4) is 0 Å². The summed E-state index contributed by atoms with van der Waals surface area (Å²) in [5.74, 6) is 0.689. The maximum absolute atomic E-state index is 13.2. The van der Waals surface area contributed by atoms with Gasteiger partial charge in [0.15, 0.2) is 0 Å². The predicted octanol–water partition coefficient (Wildman–Crippen LogP) is 1.80. The fourth-order valence-corrected chi connectivity index (χ4v) is 5.35. The van der Waals surface area contributed by atoms with E-state index in [0.717, 1.165) is 70.6 Å². The topological polar surface area (TPSA) is 62.8 Å². The van der Waals surface area contributed by atoms with Gasteiger partial charge in [-0.3, -0.25) is 9.69 Å². The number of amides is 1. The lowest BCUT2D eigenvalue weighted by Gasteiger charge is -2.50. The van der Waals surface area contributed by atoms with E-state index in [1.165, 1.54) is 0 Å². The van der Waals surface area contributed by atoms with Gasteiger partial charge in [0.1, 0.15) is 0 Å². The lowest BCUT2D eigenvalue weighted by Crippen LogP contribution is -2.60. The second-order valence-electron chi connectivity index (χ2n) is 8.69. The van der Waals surface area contributed by atoms with E-state index in [0.29, 0.717) is 31.7 Å². The summed E-state index contributed by atoms with van der Waals surface area (Å²) in [5.41, 5.74) is 0.913. The molecule has 1 aliphatic carbocycles. The van der Waals surface area contributed by atoms with Crippen LogP contribution in [0.2, 0.25) is 0 Å². The van der Waals surface area contributed by atoms with Crippen molar-refractivity contribution in [2.24, 2.45) is 11.3 Å². The molecular weight excluding hydrogens is 366 g/mol. The molecule has 6 nitrogen and oxygen atoms in total. The van der Waals surface area contributed by atoms with Gasteiger partial charge in [0, 0.05) is 32.2 Å². The first-order valence-corrected chi connectivity index (χ1v) is 11.2. The standard InChI is InChI=1S/C23H35N3O3/c27-22(25-10-13-29-17-19-4-2-1-3-5-19)23-8-6-21(26-11-14-28-15-12-26)16-20(23)7-9-24-18-23/h1-5,20-21,24H,6-18H2,(H,25,27)/t20-,21-,23-/m1/s1.